The fourth-order valence-corrected chi connectivity index (χ4v) is 2.59. The maximum Gasteiger partial charge on any atom is 0.257 e. The Balaban J connectivity index is 2.69. The molecule has 1 aromatic carbocycles. The van der Waals surface area contributed by atoms with E-state index in [0.29, 0.717) is 0 Å². The van der Waals surface area contributed by atoms with Crippen molar-refractivity contribution in [2.24, 2.45) is 7.05 Å². The molecule has 1 aromatic heterocycles. The smallest absolute Gasteiger partial charge is 0.257 e. The summed E-state index contributed by atoms with van der Waals surface area (Å²) in [4.78, 5) is 11.8. The number of benzene rings is 1. The Labute approximate surface area is 99.7 Å². The van der Waals surface area contributed by atoms with E-state index in [1.54, 1.807) is 0 Å². The van der Waals surface area contributed by atoms with Crippen molar-refractivity contribution < 1.29 is 0 Å². The second-order valence-corrected chi connectivity index (χ2v) is 5.95. The third kappa shape index (κ3) is 1.69. The Bertz CT molecular complexity index is 577. The molecule has 0 fully saturated rings. The van der Waals surface area contributed by atoms with Crippen molar-refractivity contribution in [1.29, 1.82) is 0 Å². The predicted molar refractivity (Wildman–Crippen MR) is 70.4 cm³/mol. The lowest BCUT2D eigenvalue weighted by atomic mass is 9.82. The van der Waals surface area contributed by atoms with Crippen LogP contribution >= 0.6 is 11.5 Å². The average Bonchev–Trinajstić information content (AvgIpc) is 2.54. The minimum atomic E-state index is 0.140. The highest BCUT2D eigenvalue weighted by molar-refractivity contribution is 7.05. The van der Waals surface area contributed by atoms with E-state index in [-0.39, 0.29) is 10.2 Å². The Morgan fingerprint density at radius 2 is 2.06 bits per heavy atom. The summed E-state index contributed by atoms with van der Waals surface area (Å²) in [5.41, 5.74) is 2.42. The van der Waals surface area contributed by atoms with Crippen molar-refractivity contribution >= 4 is 22.4 Å². The molecular weight excluding hydrogens is 218 g/mol. The van der Waals surface area contributed by atoms with E-state index < -0.39 is 0 Å². The summed E-state index contributed by atoms with van der Waals surface area (Å²) < 4.78 is 2.09. The van der Waals surface area contributed by atoms with Crippen molar-refractivity contribution in [3.8, 4) is 0 Å². The Morgan fingerprint density at radius 1 is 1.38 bits per heavy atom. The van der Waals surface area contributed by atoms with Gasteiger partial charge < -0.3 is 0 Å². The van der Waals surface area contributed by atoms with Crippen LogP contribution in [0.3, 0.4) is 0 Å². The molecule has 86 valence electrons. The second kappa shape index (κ2) is 3.74. The second-order valence-electron chi connectivity index (χ2n) is 4.85. The van der Waals surface area contributed by atoms with Gasteiger partial charge in [-0.1, -0.05) is 26.8 Å². The molecular formula is C13H17NOS. The molecule has 0 aliphatic carbocycles. The van der Waals surface area contributed by atoms with Crippen molar-refractivity contribution in [2.45, 2.75) is 32.6 Å². The normalized spacial score (nSPS) is 12.2. The van der Waals surface area contributed by atoms with Crippen LogP contribution in [0.1, 0.15) is 32.8 Å². The van der Waals surface area contributed by atoms with Crippen LogP contribution in [0.4, 0.5) is 0 Å². The predicted octanol–water partition coefficient (Wildman–Crippen LogP) is 3.29. The van der Waals surface area contributed by atoms with E-state index in [0.717, 1.165) is 17.3 Å². The monoisotopic (exact) mass is 235 g/mol. The maximum atomic E-state index is 11.8. The molecule has 0 N–H and O–H groups in total. The van der Waals surface area contributed by atoms with Crippen LogP contribution in [0.25, 0.3) is 10.9 Å². The highest BCUT2D eigenvalue weighted by Crippen LogP contribution is 2.28. The first-order chi connectivity index (χ1) is 7.45. The van der Waals surface area contributed by atoms with Gasteiger partial charge in [0.05, 0.1) is 10.9 Å². The van der Waals surface area contributed by atoms with E-state index in [2.05, 4.69) is 39.0 Å². The van der Waals surface area contributed by atoms with E-state index in [1.165, 1.54) is 17.1 Å². The Kier molecular flexibility index (Phi) is 2.66. The number of hydrogen-bond acceptors (Lipinski definition) is 2. The molecule has 2 aromatic rings. The molecule has 3 heteroatoms. The minimum Gasteiger partial charge on any atom is -0.297 e. The summed E-state index contributed by atoms with van der Waals surface area (Å²) in [5, 5.41) is 0.853. The molecule has 0 unspecified atom stereocenters. The molecule has 1 heterocycles. The Morgan fingerprint density at radius 3 is 2.69 bits per heavy atom. The first-order valence-corrected chi connectivity index (χ1v) is 6.33. The molecule has 0 aliphatic heterocycles. The standard InChI is InChI=1S/C13H17NOS/c1-5-13(2,3)9-6-7-11-10(8-9)12(15)16-14(11)4/h6-8H,5H2,1-4H3. The molecule has 2 nitrogen and oxygen atoms in total. The largest absolute Gasteiger partial charge is 0.297 e. The third-order valence-corrected chi connectivity index (χ3v) is 4.30. The number of fused-ring (bicyclic) bond motifs is 1. The van der Waals surface area contributed by atoms with Crippen LogP contribution in [-0.4, -0.2) is 3.96 Å². The van der Waals surface area contributed by atoms with Crippen LogP contribution < -0.4 is 4.74 Å². The first-order valence-electron chi connectivity index (χ1n) is 5.56. The number of hydrogen-bond donors (Lipinski definition) is 0. The number of rotatable bonds is 2. The van der Waals surface area contributed by atoms with E-state index in [4.69, 9.17) is 0 Å². The van der Waals surface area contributed by atoms with Crippen LogP contribution in [0.5, 0.6) is 0 Å². The van der Waals surface area contributed by atoms with Gasteiger partial charge in [0.25, 0.3) is 4.74 Å². The molecule has 0 aliphatic rings. The van der Waals surface area contributed by atoms with Crippen LogP contribution in [0.2, 0.25) is 0 Å². The van der Waals surface area contributed by atoms with Gasteiger partial charge in [-0.15, -0.1) is 0 Å². The van der Waals surface area contributed by atoms with Crippen molar-refractivity contribution in [3.05, 3.63) is 33.3 Å². The molecule has 16 heavy (non-hydrogen) atoms. The molecule has 0 saturated carbocycles. The lowest BCUT2D eigenvalue weighted by Crippen LogP contribution is -2.15. The summed E-state index contributed by atoms with van der Waals surface area (Å²) in [6, 6.07) is 6.25. The third-order valence-electron chi connectivity index (χ3n) is 3.44. The van der Waals surface area contributed by atoms with E-state index in [1.807, 2.05) is 11.0 Å². The molecule has 2 rings (SSSR count). The van der Waals surface area contributed by atoms with Crippen LogP contribution in [0, 0.1) is 0 Å². The number of aryl methyl sites for hydroxylation is 1. The summed E-state index contributed by atoms with van der Waals surface area (Å²) in [6.07, 6.45) is 1.07. The minimum absolute atomic E-state index is 0.140. The van der Waals surface area contributed by atoms with Gasteiger partial charge in [-0.25, -0.2) is 0 Å². The quantitative estimate of drug-likeness (QED) is 0.783. The zero-order valence-electron chi connectivity index (χ0n) is 10.2. The van der Waals surface area contributed by atoms with E-state index >= 15 is 0 Å². The van der Waals surface area contributed by atoms with Crippen LogP contribution in [-0.2, 0) is 12.5 Å². The van der Waals surface area contributed by atoms with Gasteiger partial charge in [0.2, 0.25) is 0 Å². The summed E-state index contributed by atoms with van der Waals surface area (Å²) in [6.45, 7) is 6.60. The number of aromatic nitrogens is 1. The zero-order valence-corrected chi connectivity index (χ0v) is 11.0. The fraction of sp³-hybridized carbons (Fsp3) is 0.462. The lowest BCUT2D eigenvalue weighted by molar-refractivity contribution is 0.507. The van der Waals surface area contributed by atoms with Gasteiger partial charge in [-0.05, 0) is 41.1 Å². The Hall–Kier alpha value is -1.09. The number of nitrogens with zero attached hydrogens (tertiary/aromatic N) is 1. The van der Waals surface area contributed by atoms with Crippen molar-refractivity contribution in [3.63, 3.8) is 0 Å². The molecule has 0 spiro atoms. The van der Waals surface area contributed by atoms with Gasteiger partial charge in [0, 0.05) is 7.05 Å². The SMILES string of the molecule is CCC(C)(C)c1ccc2c(c1)c(=O)sn2C. The van der Waals surface area contributed by atoms with Gasteiger partial charge in [0.15, 0.2) is 0 Å². The van der Waals surface area contributed by atoms with Crippen molar-refractivity contribution in [2.75, 3.05) is 0 Å². The maximum absolute atomic E-state index is 11.8. The summed E-state index contributed by atoms with van der Waals surface area (Å²) >= 11 is 1.27. The first kappa shape index (κ1) is 11.4. The highest BCUT2D eigenvalue weighted by Gasteiger charge is 2.19. The average molecular weight is 235 g/mol. The van der Waals surface area contributed by atoms with Crippen LogP contribution in [0.15, 0.2) is 23.0 Å². The fourth-order valence-electron chi connectivity index (χ4n) is 1.82. The van der Waals surface area contributed by atoms with Gasteiger partial charge in [-0.2, -0.15) is 0 Å². The van der Waals surface area contributed by atoms with Gasteiger partial charge in [0.1, 0.15) is 0 Å². The molecule has 0 amide bonds. The summed E-state index contributed by atoms with van der Waals surface area (Å²) in [7, 11) is 1.93. The summed E-state index contributed by atoms with van der Waals surface area (Å²) in [5.74, 6) is 0. The van der Waals surface area contributed by atoms with Gasteiger partial charge >= 0.3 is 0 Å². The van der Waals surface area contributed by atoms with Gasteiger partial charge in [-0.3, -0.25) is 8.75 Å². The molecule has 0 saturated heterocycles. The molecule has 0 bridgehead atoms. The van der Waals surface area contributed by atoms with Crippen molar-refractivity contribution in [1.82, 2.24) is 3.96 Å². The lowest BCUT2D eigenvalue weighted by Gasteiger charge is -2.23. The highest BCUT2D eigenvalue weighted by atomic mass is 32.1. The molecule has 0 atom stereocenters. The topological polar surface area (TPSA) is 22.0 Å². The van der Waals surface area contributed by atoms with E-state index in [9.17, 15) is 4.79 Å². The molecule has 0 radical (unpaired) electrons. The zero-order chi connectivity index (χ0) is 11.9.